The van der Waals surface area contributed by atoms with Crippen molar-refractivity contribution in [1.29, 1.82) is 0 Å². The molecular weight excluding hydrogens is 284 g/mol. The van der Waals surface area contributed by atoms with E-state index in [1.807, 2.05) is 0 Å². The smallest absolute Gasteiger partial charge is 0.242 e. The van der Waals surface area contributed by atoms with E-state index >= 15 is 0 Å². The minimum Gasteiger partial charge on any atom is -0.315 e. The summed E-state index contributed by atoms with van der Waals surface area (Å²) in [6.45, 7) is 0.732. The molecule has 2 rings (SSSR count). The molecule has 0 saturated carbocycles. The molecule has 0 unspecified atom stereocenters. The van der Waals surface area contributed by atoms with Crippen molar-refractivity contribution in [2.45, 2.75) is 18.0 Å². The predicted octanol–water partition coefficient (Wildman–Crippen LogP) is 0.679. The van der Waals surface area contributed by atoms with Crippen LogP contribution < -0.4 is 10.0 Å². The van der Waals surface area contributed by atoms with Crippen molar-refractivity contribution in [2.24, 2.45) is 7.05 Å². The fraction of sp³-hybridized carbons (Fsp3) is 0.364. The van der Waals surface area contributed by atoms with Gasteiger partial charge in [0.25, 0.3) is 0 Å². The first-order chi connectivity index (χ1) is 9.03. The number of nitrogens with one attached hydrogen (secondary N) is 2. The highest BCUT2D eigenvalue weighted by atomic mass is 32.2. The third-order valence-corrected chi connectivity index (χ3v) is 5.08. The predicted molar refractivity (Wildman–Crippen MR) is 74.3 cm³/mol. The molecule has 2 aromatic heterocycles. The molecule has 19 heavy (non-hydrogen) atoms. The van der Waals surface area contributed by atoms with Crippen molar-refractivity contribution in [3.63, 3.8) is 0 Å². The molecule has 2 aromatic rings. The minimum atomic E-state index is -3.49. The Morgan fingerprint density at radius 2 is 2.16 bits per heavy atom. The molecule has 0 amide bonds. The lowest BCUT2D eigenvalue weighted by Gasteiger charge is -2.06. The van der Waals surface area contributed by atoms with Gasteiger partial charge >= 0.3 is 0 Å². The molecule has 0 aliphatic carbocycles. The summed E-state index contributed by atoms with van der Waals surface area (Å²) in [4.78, 5) is 1.14. The second kappa shape index (κ2) is 5.83. The van der Waals surface area contributed by atoms with Crippen molar-refractivity contribution in [1.82, 2.24) is 19.8 Å². The summed E-state index contributed by atoms with van der Waals surface area (Å²) in [5.41, 5.74) is 0.691. The van der Waals surface area contributed by atoms with E-state index in [1.54, 1.807) is 42.5 Å². The van der Waals surface area contributed by atoms with Crippen molar-refractivity contribution >= 4 is 21.4 Å². The number of nitrogens with zero attached hydrogens (tertiary/aromatic N) is 2. The van der Waals surface area contributed by atoms with Crippen LogP contribution in [0.1, 0.15) is 10.6 Å². The Morgan fingerprint density at radius 1 is 1.37 bits per heavy atom. The molecule has 0 bridgehead atoms. The first-order valence-corrected chi connectivity index (χ1v) is 8.08. The van der Waals surface area contributed by atoms with Crippen LogP contribution in [0.5, 0.6) is 0 Å². The van der Waals surface area contributed by atoms with Gasteiger partial charge in [0.15, 0.2) is 0 Å². The van der Waals surface area contributed by atoms with Gasteiger partial charge in [0.2, 0.25) is 10.0 Å². The van der Waals surface area contributed by atoms with Crippen LogP contribution in [0, 0.1) is 0 Å². The molecule has 2 N–H and O–H groups in total. The Hall–Kier alpha value is -1.22. The van der Waals surface area contributed by atoms with Gasteiger partial charge in [0.05, 0.1) is 17.1 Å². The number of sulfonamides is 1. The summed E-state index contributed by atoms with van der Waals surface area (Å²) in [5.74, 6) is 0. The fourth-order valence-electron chi connectivity index (χ4n) is 1.66. The molecule has 0 aliphatic heterocycles. The number of aryl methyl sites for hydroxylation is 1. The minimum absolute atomic E-state index is 0.192. The summed E-state index contributed by atoms with van der Waals surface area (Å²) in [7, 11) is 0.0951. The van der Waals surface area contributed by atoms with Crippen molar-refractivity contribution < 1.29 is 8.42 Å². The molecule has 0 atom stereocenters. The van der Waals surface area contributed by atoms with Gasteiger partial charge in [0, 0.05) is 24.7 Å². The van der Waals surface area contributed by atoms with Crippen LogP contribution in [-0.2, 0) is 30.2 Å². The molecule has 0 spiro atoms. The summed E-state index contributed by atoms with van der Waals surface area (Å²) in [6.07, 6.45) is 1.78. The highest BCUT2D eigenvalue weighted by Gasteiger charge is 2.19. The highest BCUT2D eigenvalue weighted by Crippen LogP contribution is 2.21. The molecule has 0 radical (unpaired) electrons. The van der Waals surface area contributed by atoms with E-state index in [4.69, 9.17) is 0 Å². The molecular formula is C11H16N4O2S2. The van der Waals surface area contributed by atoms with Gasteiger partial charge < -0.3 is 5.32 Å². The second-order valence-electron chi connectivity index (χ2n) is 4.04. The summed E-state index contributed by atoms with van der Waals surface area (Å²) < 4.78 is 28.6. The lowest BCUT2D eigenvalue weighted by Crippen LogP contribution is -2.24. The van der Waals surface area contributed by atoms with Gasteiger partial charge in [-0.25, -0.2) is 13.1 Å². The highest BCUT2D eigenvalue weighted by molar-refractivity contribution is 7.89. The first kappa shape index (κ1) is 14.2. The monoisotopic (exact) mass is 300 g/mol. The fourth-order valence-corrected chi connectivity index (χ4v) is 4.11. The Bertz CT molecular complexity index is 645. The van der Waals surface area contributed by atoms with Crippen LogP contribution in [-0.4, -0.2) is 25.2 Å². The molecule has 8 heteroatoms. The van der Waals surface area contributed by atoms with Crippen LogP contribution >= 0.6 is 11.3 Å². The maximum Gasteiger partial charge on any atom is 0.242 e. The van der Waals surface area contributed by atoms with Crippen LogP contribution in [0.3, 0.4) is 0 Å². The summed E-state index contributed by atoms with van der Waals surface area (Å²) in [6, 6.07) is 3.41. The molecule has 0 aliphatic rings. The lowest BCUT2D eigenvalue weighted by atomic mass is 10.4. The van der Waals surface area contributed by atoms with E-state index < -0.39 is 10.0 Å². The third-order valence-electron chi connectivity index (χ3n) is 2.54. The molecule has 6 nitrogen and oxygen atoms in total. The van der Waals surface area contributed by atoms with E-state index in [0.29, 0.717) is 17.1 Å². The van der Waals surface area contributed by atoms with Crippen LogP contribution in [0.25, 0.3) is 0 Å². The van der Waals surface area contributed by atoms with Gasteiger partial charge in [-0.3, -0.25) is 4.68 Å². The van der Waals surface area contributed by atoms with E-state index in [9.17, 15) is 8.42 Å². The van der Waals surface area contributed by atoms with E-state index in [2.05, 4.69) is 15.1 Å². The van der Waals surface area contributed by atoms with Gasteiger partial charge in [-0.15, -0.1) is 11.3 Å². The maximum atomic E-state index is 12.2. The average Bonchev–Trinajstić information content (AvgIpc) is 2.97. The van der Waals surface area contributed by atoms with E-state index in [-0.39, 0.29) is 6.54 Å². The molecule has 2 heterocycles. The Labute approximate surface area is 116 Å². The standard InChI is InChI=1S/C11H16N4O2S2/c1-12-8-10-11(4-6-18-10)19(16,17)13-7-9-3-5-15(2)14-9/h3-6,12-13H,7-8H2,1-2H3. The number of rotatable bonds is 6. The number of thiophene rings is 1. The van der Waals surface area contributed by atoms with Gasteiger partial charge in [-0.05, 0) is 24.6 Å². The number of hydrogen-bond donors (Lipinski definition) is 2. The molecule has 0 saturated heterocycles. The van der Waals surface area contributed by atoms with Gasteiger partial charge in [-0.2, -0.15) is 5.10 Å². The SMILES string of the molecule is CNCc1sccc1S(=O)(=O)NCc1ccn(C)n1. The zero-order valence-corrected chi connectivity index (χ0v) is 12.4. The van der Waals surface area contributed by atoms with Crippen molar-refractivity contribution in [3.05, 3.63) is 34.3 Å². The van der Waals surface area contributed by atoms with Crippen molar-refractivity contribution in [3.8, 4) is 0 Å². The van der Waals surface area contributed by atoms with Crippen LogP contribution in [0.4, 0.5) is 0 Å². The van der Waals surface area contributed by atoms with E-state index in [1.165, 1.54) is 11.3 Å². The zero-order chi connectivity index (χ0) is 13.9. The molecule has 0 fully saturated rings. The second-order valence-corrected chi connectivity index (χ2v) is 6.78. The summed E-state index contributed by atoms with van der Waals surface area (Å²) in [5, 5.41) is 8.88. The van der Waals surface area contributed by atoms with Gasteiger partial charge in [0.1, 0.15) is 0 Å². The average molecular weight is 300 g/mol. The lowest BCUT2D eigenvalue weighted by molar-refractivity contribution is 0.578. The number of hydrogen-bond acceptors (Lipinski definition) is 5. The zero-order valence-electron chi connectivity index (χ0n) is 10.8. The molecule has 0 aromatic carbocycles. The quantitative estimate of drug-likeness (QED) is 0.822. The largest absolute Gasteiger partial charge is 0.315 e. The third kappa shape index (κ3) is 3.41. The van der Waals surface area contributed by atoms with Crippen molar-refractivity contribution in [2.75, 3.05) is 7.05 Å². The topological polar surface area (TPSA) is 76.0 Å². The first-order valence-electron chi connectivity index (χ1n) is 5.72. The maximum absolute atomic E-state index is 12.2. The number of aromatic nitrogens is 2. The Balaban J connectivity index is 2.11. The Kier molecular flexibility index (Phi) is 4.35. The van der Waals surface area contributed by atoms with E-state index in [0.717, 1.165) is 4.88 Å². The Morgan fingerprint density at radius 3 is 2.79 bits per heavy atom. The summed E-state index contributed by atoms with van der Waals surface area (Å²) >= 11 is 1.43. The normalized spacial score (nSPS) is 11.9. The van der Waals surface area contributed by atoms with Gasteiger partial charge in [-0.1, -0.05) is 0 Å². The van der Waals surface area contributed by atoms with Crippen LogP contribution in [0.15, 0.2) is 28.6 Å². The van der Waals surface area contributed by atoms with Crippen LogP contribution in [0.2, 0.25) is 0 Å². The molecule has 104 valence electrons.